The average Bonchev–Trinajstić information content (AvgIpc) is 2.65. The molecule has 0 aromatic heterocycles. The molecule has 0 spiro atoms. The van der Waals surface area contributed by atoms with Crippen LogP contribution in [-0.4, -0.2) is 22.8 Å². The van der Waals surface area contributed by atoms with E-state index in [-0.39, 0.29) is 30.2 Å². The average molecular weight is 370 g/mol. The Morgan fingerprint density at radius 1 is 1.00 bits per heavy atom. The maximum absolute atomic E-state index is 13.1. The van der Waals surface area contributed by atoms with Gasteiger partial charge in [0.1, 0.15) is 11.2 Å². The molecule has 0 aliphatic heterocycles. The highest BCUT2D eigenvalue weighted by Gasteiger charge is 2.39. The van der Waals surface area contributed by atoms with Crippen LogP contribution in [0.25, 0.3) is 0 Å². The summed E-state index contributed by atoms with van der Waals surface area (Å²) in [5.41, 5.74) is 0.582. The molecular weight excluding hydrogens is 343 g/mol. The van der Waals surface area contributed by atoms with Crippen molar-refractivity contribution >= 4 is 11.8 Å². The maximum atomic E-state index is 13.1. The Kier molecular flexibility index (Phi) is 6.72. The molecule has 0 saturated carbocycles. The van der Waals surface area contributed by atoms with Crippen LogP contribution in [0.3, 0.4) is 0 Å². The maximum Gasteiger partial charge on any atom is 0.238 e. The molecule has 0 radical (unpaired) electrons. The normalized spacial score (nSPS) is 11.3. The van der Waals surface area contributed by atoms with Crippen LogP contribution in [0.2, 0.25) is 0 Å². The highest BCUT2D eigenvalue weighted by molar-refractivity contribution is 6.04. The molecule has 0 bridgehead atoms. The molecule has 1 N–H and O–H groups in total. The molecule has 5 heteroatoms. The molecule has 0 fully saturated rings. The predicted molar refractivity (Wildman–Crippen MR) is 104 cm³/mol. The van der Waals surface area contributed by atoms with Crippen LogP contribution in [0, 0.1) is 11.2 Å². The third-order valence-corrected chi connectivity index (χ3v) is 4.55. The summed E-state index contributed by atoms with van der Waals surface area (Å²) in [4.78, 5) is 27.5. The van der Waals surface area contributed by atoms with Gasteiger partial charge in [-0.15, -0.1) is 0 Å². The van der Waals surface area contributed by atoms with Gasteiger partial charge in [-0.25, -0.2) is 4.39 Å². The van der Waals surface area contributed by atoms with E-state index in [0.29, 0.717) is 6.54 Å². The second-order valence-electron chi connectivity index (χ2n) is 7.45. The minimum atomic E-state index is -1.21. The van der Waals surface area contributed by atoms with Crippen molar-refractivity contribution in [2.75, 3.05) is 0 Å². The molecule has 0 saturated heterocycles. The highest BCUT2D eigenvalue weighted by atomic mass is 19.1. The van der Waals surface area contributed by atoms with Gasteiger partial charge in [-0.2, -0.15) is 0 Å². The second-order valence-corrected chi connectivity index (χ2v) is 7.45. The van der Waals surface area contributed by atoms with Gasteiger partial charge in [0, 0.05) is 19.1 Å². The number of rotatable bonds is 7. The number of benzene rings is 2. The van der Waals surface area contributed by atoms with Crippen molar-refractivity contribution in [1.29, 1.82) is 0 Å². The van der Waals surface area contributed by atoms with E-state index in [1.807, 2.05) is 44.2 Å². The smallest absolute Gasteiger partial charge is 0.238 e. The molecule has 4 nitrogen and oxygen atoms in total. The fraction of sp³-hybridized carbons (Fsp3) is 0.364. The van der Waals surface area contributed by atoms with Crippen LogP contribution in [0.1, 0.15) is 38.8 Å². The number of halogens is 1. The first-order valence-corrected chi connectivity index (χ1v) is 9.09. The molecular formula is C22H27FN2O2. The molecule has 2 amide bonds. The van der Waals surface area contributed by atoms with Gasteiger partial charge in [0.2, 0.25) is 11.8 Å². The van der Waals surface area contributed by atoms with Crippen LogP contribution in [0.4, 0.5) is 4.39 Å². The molecule has 0 atom stereocenters. The lowest BCUT2D eigenvalue weighted by molar-refractivity contribution is -0.150. The van der Waals surface area contributed by atoms with E-state index >= 15 is 0 Å². The number of hydrogen-bond donors (Lipinski definition) is 1. The van der Waals surface area contributed by atoms with Crippen molar-refractivity contribution in [2.45, 2.75) is 46.8 Å². The van der Waals surface area contributed by atoms with Crippen LogP contribution < -0.4 is 5.32 Å². The molecule has 0 unspecified atom stereocenters. The van der Waals surface area contributed by atoms with Crippen LogP contribution in [-0.2, 0) is 22.7 Å². The van der Waals surface area contributed by atoms with E-state index in [0.717, 1.165) is 11.1 Å². The van der Waals surface area contributed by atoms with Gasteiger partial charge in [-0.1, -0.05) is 42.5 Å². The Morgan fingerprint density at radius 3 is 2.15 bits per heavy atom. The summed E-state index contributed by atoms with van der Waals surface area (Å²) in [5.74, 6) is -0.900. The van der Waals surface area contributed by atoms with E-state index in [4.69, 9.17) is 0 Å². The van der Waals surface area contributed by atoms with E-state index in [1.54, 1.807) is 30.9 Å². The first-order valence-electron chi connectivity index (χ1n) is 9.09. The monoisotopic (exact) mass is 370 g/mol. The van der Waals surface area contributed by atoms with E-state index < -0.39 is 5.41 Å². The lowest BCUT2D eigenvalue weighted by atomic mass is 9.89. The number of nitrogens with zero attached hydrogens (tertiary/aromatic N) is 1. The quantitative estimate of drug-likeness (QED) is 0.752. The van der Waals surface area contributed by atoms with Crippen molar-refractivity contribution in [3.8, 4) is 0 Å². The fourth-order valence-corrected chi connectivity index (χ4v) is 2.73. The third-order valence-electron chi connectivity index (χ3n) is 4.55. The molecule has 27 heavy (non-hydrogen) atoms. The van der Waals surface area contributed by atoms with Gasteiger partial charge < -0.3 is 10.2 Å². The standard InChI is InChI=1S/C22H27FN2O2/c1-16(2)25(15-18-8-6-5-7-9-18)21(27)22(3,4)20(26)24-14-17-10-12-19(23)13-11-17/h5-13,16H,14-15H2,1-4H3,(H,24,26). The Labute approximate surface area is 160 Å². The van der Waals surface area contributed by atoms with Crippen molar-refractivity contribution in [3.63, 3.8) is 0 Å². The summed E-state index contributed by atoms with van der Waals surface area (Å²) < 4.78 is 13.0. The summed E-state index contributed by atoms with van der Waals surface area (Å²) in [7, 11) is 0. The number of carbonyl (C=O) groups excluding carboxylic acids is 2. The third kappa shape index (κ3) is 5.39. The molecule has 2 aromatic carbocycles. The first-order chi connectivity index (χ1) is 12.7. The molecule has 2 aromatic rings. The van der Waals surface area contributed by atoms with E-state index in [9.17, 15) is 14.0 Å². The summed E-state index contributed by atoms with van der Waals surface area (Å²) in [6.07, 6.45) is 0. The predicted octanol–water partition coefficient (Wildman–Crippen LogP) is 3.91. The van der Waals surface area contributed by atoms with Gasteiger partial charge >= 0.3 is 0 Å². The summed E-state index contributed by atoms with van der Waals surface area (Å²) in [6, 6.07) is 15.6. The second kappa shape index (κ2) is 8.80. The number of amides is 2. The number of hydrogen-bond acceptors (Lipinski definition) is 2. The summed E-state index contributed by atoms with van der Waals surface area (Å²) in [5, 5.41) is 2.79. The minimum absolute atomic E-state index is 0.0399. The largest absolute Gasteiger partial charge is 0.351 e. The van der Waals surface area contributed by atoms with Crippen molar-refractivity contribution in [1.82, 2.24) is 10.2 Å². The van der Waals surface area contributed by atoms with Crippen molar-refractivity contribution in [3.05, 3.63) is 71.5 Å². The van der Waals surface area contributed by atoms with Crippen molar-refractivity contribution in [2.24, 2.45) is 5.41 Å². The minimum Gasteiger partial charge on any atom is -0.351 e. The van der Waals surface area contributed by atoms with Crippen LogP contribution in [0.15, 0.2) is 54.6 Å². The Morgan fingerprint density at radius 2 is 1.59 bits per heavy atom. The Hall–Kier alpha value is -2.69. The zero-order chi connectivity index (χ0) is 20.0. The highest BCUT2D eigenvalue weighted by Crippen LogP contribution is 2.23. The lowest BCUT2D eigenvalue weighted by Gasteiger charge is -2.34. The lowest BCUT2D eigenvalue weighted by Crippen LogP contribution is -2.51. The number of nitrogens with one attached hydrogen (secondary N) is 1. The van der Waals surface area contributed by atoms with Gasteiger partial charge in [-0.05, 0) is 51.0 Å². The topological polar surface area (TPSA) is 49.4 Å². The van der Waals surface area contributed by atoms with Crippen LogP contribution >= 0.6 is 0 Å². The molecule has 0 aliphatic rings. The van der Waals surface area contributed by atoms with Gasteiger partial charge in [0.05, 0.1) is 0 Å². The molecule has 0 aliphatic carbocycles. The van der Waals surface area contributed by atoms with E-state index in [2.05, 4.69) is 5.32 Å². The fourth-order valence-electron chi connectivity index (χ4n) is 2.73. The molecule has 0 heterocycles. The summed E-state index contributed by atoms with van der Waals surface area (Å²) >= 11 is 0. The summed E-state index contributed by atoms with van der Waals surface area (Å²) in [6.45, 7) is 7.84. The molecule has 2 rings (SSSR count). The number of carbonyl (C=O) groups is 2. The van der Waals surface area contributed by atoms with Gasteiger partial charge in [0.25, 0.3) is 0 Å². The Bertz CT molecular complexity index is 771. The SMILES string of the molecule is CC(C)N(Cc1ccccc1)C(=O)C(C)(C)C(=O)NCc1ccc(F)cc1. The zero-order valence-electron chi connectivity index (χ0n) is 16.3. The van der Waals surface area contributed by atoms with Gasteiger partial charge in [-0.3, -0.25) is 9.59 Å². The Balaban J connectivity index is 2.07. The van der Waals surface area contributed by atoms with Crippen molar-refractivity contribution < 1.29 is 14.0 Å². The molecule has 144 valence electrons. The first kappa shape index (κ1) is 20.6. The zero-order valence-corrected chi connectivity index (χ0v) is 16.3. The van der Waals surface area contributed by atoms with E-state index in [1.165, 1.54) is 12.1 Å². The van der Waals surface area contributed by atoms with Gasteiger partial charge in [0.15, 0.2) is 0 Å². The van der Waals surface area contributed by atoms with Crippen LogP contribution in [0.5, 0.6) is 0 Å².